The largest absolute Gasteiger partial charge is 0.437 e. The van der Waals surface area contributed by atoms with Gasteiger partial charge in [0.2, 0.25) is 11.7 Å². The molecule has 0 aliphatic carbocycles. The predicted octanol–water partition coefficient (Wildman–Crippen LogP) is 11.4. The Balaban J connectivity index is 1.35. The van der Waals surface area contributed by atoms with Crippen LogP contribution in [0.5, 0.6) is 0 Å². The first-order chi connectivity index (χ1) is 24.3. The third-order valence-electron chi connectivity index (χ3n) is 10.5. The van der Waals surface area contributed by atoms with Gasteiger partial charge in [0.05, 0.1) is 38.7 Å². The molecule has 5 heteroatoms. The molecule has 226 valence electrons. The van der Waals surface area contributed by atoms with Crippen LogP contribution in [0.25, 0.3) is 110 Å². The van der Waals surface area contributed by atoms with Crippen LogP contribution in [0.4, 0.5) is 0 Å². The quantitative estimate of drug-likeness (QED) is 0.192. The second-order valence-electron chi connectivity index (χ2n) is 12.9. The number of hydrogen-bond donors (Lipinski definition) is 0. The molecule has 0 N–H and O–H groups in total. The first kappa shape index (κ1) is 25.4. The summed E-state index contributed by atoms with van der Waals surface area (Å²) in [7, 11) is 0. The zero-order valence-corrected chi connectivity index (χ0v) is 26.1. The fraction of sp³-hybridized carbons (Fsp3) is 0. The molecule has 0 bridgehead atoms. The summed E-state index contributed by atoms with van der Waals surface area (Å²) in [5.41, 5.74) is 8.95. The van der Waals surface area contributed by atoms with Gasteiger partial charge in [0, 0.05) is 37.9 Å². The Kier molecular flexibility index (Phi) is 4.66. The third-order valence-corrected chi connectivity index (χ3v) is 10.5. The Morgan fingerprint density at radius 2 is 1.10 bits per heavy atom. The van der Waals surface area contributed by atoms with Crippen LogP contribution in [0.3, 0.4) is 0 Å². The van der Waals surface area contributed by atoms with E-state index in [1.807, 2.05) is 24.3 Å². The van der Waals surface area contributed by atoms with E-state index in [4.69, 9.17) is 14.4 Å². The molecule has 0 saturated heterocycles. The molecule has 0 aliphatic rings. The molecule has 5 heterocycles. The van der Waals surface area contributed by atoms with Crippen LogP contribution < -0.4 is 0 Å². The highest BCUT2D eigenvalue weighted by Gasteiger charge is 2.25. The van der Waals surface area contributed by atoms with Crippen molar-refractivity contribution in [3.05, 3.63) is 146 Å². The van der Waals surface area contributed by atoms with E-state index < -0.39 is 0 Å². The lowest BCUT2D eigenvalue weighted by atomic mass is 9.98. The summed E-state index contributed by atoms with van der Waals surface area (Å²) < 4.78 is 11.2. The average Bonchev–Trinajstić information content (AvgIpc) is 3.81. The van der Waals surface area contributed by atoms with Crippen molar-refractivity contribution in [3.63, 3.8) is 0 Å². The van der Waals surface area contributed by atoms with Gasteiger partial charge >= 0.3 is 0 Å². The molecule has 0 spiro atoms. The summed E-state index contributed by atoms with van der Waals surface area (Å²) in [6, 6.07) is 51.8. The molecule has 12 aromatic rings. The van der Waals surface area contributed by atoms with Crippen LogP contribution >= 0.6 is 0 Å². The molecule has 5 nitrogen and oxygen atoms in total. The van der Waals surface area contributed by atoms with Crippen molar-refractivity contribution in [2.75, 3.05) is 0 Å². The summed E-state index contributed by atoms with van der Waals surface area (Å²) in [6.07, 6.45) is 0. The number of para-hydroxylation sites is 2. The number of rotatable bonds is 2. The summed E-state index contributed by atoms with van der Waals surface area (Å²) in [5, 5.41) is 11.7. The molecule has 0 atom stereocenters. The van der Waals surface area contributed by atoms with Gasteiger partial charge in [-0.05, 0) is 46.5 Å². The maximum absolute atomic E-state index is 6.47. The Morgan fingerprint density at radius 1 is 0.429 bits per heavy atom. The highest BCUT2D eigenvalue weighted by atomic mass is 16.3. The van der Waals surface area contributed by atoms with E-state index >= 15 is 0 Å². The van der Waals surface area contributed by atoms with Gasteiger partial charge in [-0.3, -0.25) is 4.57 Å². The molecule has 7 aromatic carbocycles. The Hall–Kier alpha value is -6.72. The van der Waals surface area contributed by atoms with Gasteiger partial charge in [-0.1, -0.05) is 115 Å². The normalized spacial score (nSPS) is 12.5. The lowest BCUT2D eigenvalue weighted by Crippen LogP contribution is -2.02. The molecule has 0 aliphatic heterocycles. The highest BCUT2D eigenvalue weighted by Crippen LogP contribution is 2.46. The van der Waals surface area contributed by atoms with Gasteiger partial charge < -0.3 is 8.82 Å². The zero-order valence-electron chi connectivity index (χ0n) is 26.1. The Morgan fingerprint density at radius 3 is 2.00 bits per heavy atom. The second kappa shape index (κ2) is 9.00. The number of benzene rings is 7. The maximum Gasteiger partial charge on any atom is 0.238 e. The minimum atomic E-state index is 0.577. The van der Waals surface area contributed by atoms with Gasteiger partial charge in [-0.25, -0.2) is 4.98 Å². The number of aromatic nitrogens is 4. The van der Waals surface area contributed by atoms with Crippen LogP contribution in [0.1, 0.15) is 0 Å². The molecular weight excluding hydrogens is 601 g/mol. The smallest absolute Gasteiger partial charge is 0.238 e. The van der Waals surface area contributed by atoms with E-state index in [0.29, 0.717) is 11.7 Å². The number of fused-ring (bicyclic) bond motifs is 8. The second-order valence-corrected chi connectivity index (χ2v) is 12.9. The van der Waals surface area contributed by atoms with E-state index in [2.05, 4.69) is 130 Å². The summed E-state index contributed by atoms with van der Waals surface area (Å²) >= 11 is 0. The van der Waals surface area contributed by atoms with Crippen molar-refractivity contribution in [2.45, 2.75) is 0 Å². The molecule has 0 radical (unpaired) electrons. The zero-order chi connectivity index (χ0) is 31.8. The summed E-state index contributed by atoms with van der Waals surface area (Å²) in [6.45, 7) is 0. The monoisotopic (exact) mass is 624 g/mol. The van der Waals surface area contributed by atoms with Crippen LogP contribution in [0.2, 0.25) is 0 Å². The Labute approximate surface area is 278 Å². The van der Waals surface area contributed by atoms with Crippen LogP contribution in [0, 0.1) is 0 Å². The minimum Gasteiger partial charge on any atom is -0.437 e. The van der Waals surface area contributed by atoms with Crippen LogP contribution in [-0.4, -0.2) is 18.9 Å². The maximum atomic E-state index is 6.47. The molecule has 0 unspecified atom stereocenters. The molecule has 0 fully saturated rings. The molecule has 0 saturated carbocycles. The Bertz CT molecular complexity index is 3320. The summed E-state index contributed by atoms with van der Waals surface area (Å²) in [5.74, 6) is 0.583. The van der Waals surface area contributed by atoms with Crippen LogP contribution in [-0.2, 0) is 0 Å². The minimum absolute atomic E-state index is 0.577. The van der Waals surface area contributed by atoms with Crippen molar-refractivity contribution in [1.82, 2.24) is 18.9 Å². The molecular formula is C44H24N4O. The highest BCUT2D eigenvalue weighted by molar-refractivity contribution is 6.34. The average molecular weight is 625 g/mol. The van der Waals surface area contributed by atoms with Gasteiger partial charge in [0.25, 0.3) is 0 Å². The van der Waals surface area contributed by atoms with Crippen LogP contribution in [0.15, 0.2) is 150 Å². The van der Waals surface area contributed by atoms with Crippen molar-refractivity contribution >= 4 is 92.7 Å². The molecule has 0 amide bonds. The van der Waals surface area contributed by atoms with E-state index in [1.165, 1.54) is 59.6 Å². The standard InChI is InChI=1S/C44H24N4O/c1-2-11-26(12-3-1)41-39-31-16-5-7-22-36(31)49-43(39)46-44(45-41)48-34-21-10-18-29-28-17-8-13-25-14-9-20-33(37(25)28)47-32-19-6-4-15-27(32)30-23-24-35(48)40(38(29)34)42(30)47/h1-24H. The lowest BCUT2D eigenvalue weighted by Gasteiger charge is -2.11. The van der Waals surface area contributed by atoms with Gasteiger partial charge in [0.15, 0.2) is 0 Å². The molecule has 5 aromatic heterocycles. The number of furan rings is 1. The van der Waals surface area contributed by atoms with Gasteiger partial charge in [-0.15, -0.1) is 0 Å². The van der Waals surface area contributed by atoms with Crippen molar-refractivity contribution in [1.29, 1.82) is 0 Å². The fourth-order valence-electron chi connectivity index (χ4n) is 8.54. The number of hydrogen-bond acceptors (Lipinski definition) is 3. The van der Waals surface area contributed by atoms with Gasteiger partial charge in [-0.2, -0.15) is 4.98 Å². The van der Waals surface area contributed by atoms with E-state index in [9.17, 15) is 0 Å². The molecule has 49 heavy (non-hydrogen) atoms. The summed E-state index contributed by atoms with van der Waals surface area (Å²) in [4.78, 5) is 10.6. The molecule has 12 rings (SSSR count). The topological polar surface area (TPSA) is 48.3 Å². The predicted molar refractivity (Wildman–Crippen MR) is 201 cm³/mol. The van der Waals surface area contributed by atoms with E-state index in [-0.39, 0.29) is 0 Å². The SMILES string of the molecule is c1ccc(-c2nc(-n3c4cccc5c6cccc7cccc(c76)n6c7ccccc7c7ccc3c(c54)c76)nc3oc4ccccc4c23)cc1. The van der Waals surface area contributed by atoms with Crippen molar-refractivity contribution < 1.29 is 4.42 Å². The van der Waals surface area contributed by atoms with E-state index in [0.717, 1.165) is 38.6 Å². The first-order valence-corrected chi connectivity index (χ1v) is 16.6. The first-order valence-electron chi connectivity index (χ1n) is 16.6. The fourth-order valence-corrected chi connectivity index (χ4v) is 8.54. The van der Waals surface area contributed by atoms with Gasteiger partial charge in [0.1, 0.15) is 5.58 Å². The van der Waals surface area contributed by atoms with Crippen molar-refractivity contribution in [3.8, 4) is 17.2 Å². The number of nitrogens with zero attached hydrogens (tertiary/aromatic N) is 4. The third kappa shape index (κ3) is 3.15. The van der Waals surface area contributed by atoms with E-state index in [1.54, 1.807) is 0 Å². The van der Waals surface area contributed by atoms with Crippen molar-refractivity contribution in [2.24, 2.45) is 0 Å². The lowest BCUT2D eigenvalue weighted by molar-refractivity contribution is 0.651.